The van der Waals surface area contributed by atoms with E-state index in [2.05, 4.69) is 24.1 Å². The van der Waals surface area contributed by atoms with Crippen molar-refractivity contribution in [3.63, 3.8) is 0 Å². The number of rotatable bonds is 5. The fraction of sp³-hybridized carbons (Fsp3) is 0.400. The number of nitrogens with one attached hydrogen (secondary N) is 1. The van der Waals surface area contributed by atoms with Crippen LogP contribution in [0.3, 0.4) is 0 Å². The summed E-state index contributed by atoms with van der Waals surface area (Å²) < 4.78 is 24.9. The van der Waals surface area contributed by atoms with Crippen LogP contribution in [0.1, 0.15) is 25.1 Å². The minimum atomic E-state index is -3.14. The molecule has 2 rings (SSSR count). The predicted molar refractivity (Wildman–Crippen MR) is 84.4 cm³/mol. The van der Waals surface area contributed by atoms with E-state index < -0.39 is 9.84 Å². The number of nitrogens with zero attached hydrogens (tertiary/aromatic N) is 2. The molecular weight excluding hydrogens is 286 g/mol. The first-order valence-electron chi connectivity index (χ1n) is 6.85. The van der Waals surface area contributed by atoms with Crippen LogP contribution >= 0.6 is 0 Å². The van der Waals surface area contributed by atoms with E-state index in [-0.39, 0.29) is 0 Å². The number of aromatic nitrogens is 2. The summed E-state index contributed by atoms with van der Waals surface area (Å²) in [5.41, 5.74) is 1.98. The topological polar surface area (TPSA) is 64.0 Å². The molecule has 0 bridgehead atoms. The molecule has 2 aromatic rings. The molecule has 0 amide bonds. The lowest BCUT2D eigenvalue weighted by Gasteiger charge is -2.12. The molecule has 0 radical (unpaired) electrons. The number of sulfone groups is 1. The fourth-order valence-corrected chi connectivity index (χ4v) is 2.71. The van der Waals surface area contributed by atoms with Crippen LogP contribution in [-0.2, 0) is 16.4 Å². The van der Waals surface area contributed by atoms with Gasteiger partial charge in [-0.2, -0.15) is 0 Å². The maximum Gasteiger partial charge on any atom is 0.203 e. The molecule has 1 aromatic heterocycles. The number of hydrogen-bond donors (Lipinski definition) is 1. The zero-order chi connectivity index (χ0) is 15.6. The van der Waals surface area contributed by atoms with Gasteiger partial charge >= 0.3 is 0 Å². The van der Waals surface area contributed by atoms with E-state index in [0.29, 0.717) is 17.5 Å². The first-order chi connectivity index (χ1) is 9.75. The molecule has 1 N–H and O–H groups in total. The molecule has 5 nitrogen and oxygen atoms in total. The van der Waals surface area contributed by atoms with Crippen molar-refractivity contribution in [2.24, 2.45) is 0 Å². The van der Waals surface area contributed by atoms with E-state index in [1.807, 2.05) is 29.8 Å². The summed E-state index contributed by atoms with van der Waals surface area (Å²) >= 11 is 0. The van der Waals surface area contributed by atoms with Crippen molar-refractivity contribution in [1.29, 1.82) is 0 Å². The van der Waals surface area contributed by atoms with Crippen molar-refractivity contribution in [3.8, 4) is 0 Å². The van der Waals surface area contributed by atoms with Gasteiger partial charge in [0.25, 0.3) is 0 Å². The van der Waals surface area contributed by atoms with Crippen molar-refractivity contribution < 1.29 is 8.42 Å². The average molecular weight is 307 g/mol. The Hall–Kier alpha value is -1.82. The molecule has 0 atom stereocenters. The maximum atomic E-state index is 11.5. The number of aryl methyl sites for hydroxylation is 1. The molecule has 0 spiro atoms. The Morgan fingerprint density at radius 3 is 2.38 bits per heavy atom. The van der Waals surface area contributed by atoms with Crippen molar-refractivity contribution in [2.75, 3.05) is 11.6 Å². The second-order valence-corrected chi connectivity index (χ2v) is 7.56. The number of benzene rings is 1. The van der Waals surface area contributed by atoms with Gasteiger partial charge in [-0.05, 0) is 38.5 Å². The monoisotopic (exact) mass is 307 g/mol. The Kier molecular flexibility index (Phi) is 4.37. The highest BCUT2D eigenvalue weighted by Crippen LogP contribution is 2.15. The first kappa shape index (κ1) is 15.6. The molecular formula is C15H21N3O2S. The molecule has 0 aliphatic carbocycles. The highest BCUT2D eigenvalue weighted by molar-refractivity contribution is 7.90. The molecule has 0 aliphatic heterocycles. The second kappa shape index (κ2) is 5.89. The summed E-state index contributed by atoms with van der Waals surface area (Å²) in [6.07, 6.45) is 3.20. The maximum absolute atomic E-state index is 11.5. The van der Waals surface area contributed by atoms with E-state index in [4.69, 9.17) is 0 Å². The van der Waals surface area contributed by atoms with Gasteiger partial charge in [0.05, 0.1) is 17.1 Å². The van der Waals surface area contributed by atoms with E-state index in [1.54, 1.807) is 12.1 Å². The molecule has 1 heterocycles. The van der Waals surface area contributed by atoms with Crippen LogP contribution in [0, 0.1) is 6.92 Å². The standard InChI is InChI=1S/C15H21N3O2S/c1-11(2)16-15-17-12(3)9-18(15)10-13-5-7-14(8-6-13)21(4,19)20/h5-9,11H,10H2,1-4H3,(H,16,17). The fourth-order valence-electron chi connectivity index (χ4n) is 2.08. The largest absolute Gasteiger partial charge is 0.353 e. The van der Waals surface area contributed by atoms with Gasteiger partial charge in [0.2, 0.25) is 5.95 Å². The smallest absolute Gasteiger partial charge is 0.203 e. The van der Waals surface area contributed by atoms with E-state index in [9.17, 15) is 8.42 Å². The summed E-state index contributed by atoms with van der Waals surface area (Å²) in [5, 5.41) is 3.31. The third-order valence-corrected chi connectivity index (χ3v) is 4.15. The SMILES string of the molecule is Cc1cn(Cc2ccc(S(C)(=O)=O)cc2)c(NC(C)C)n1. The zero-order valence-electron chi connectivity index (χ0n) is 12.8. The number of hydrogen-bond acceptors (Lipinski definition) is 4. The Labute approximate surface area is 125 Å². The molecule has 0 saturated carbocycles. The summed E-state index contributed by atoms with van der Waals surface area (Å²) in [5.74, 6) is 0.828. The molecule has 0 saturated heterocycles. The van der Waals surface area contributed by atoms with Crippen molar-refractivity contribution >= 4 is 15.8 Å². The highest BCUT2D eigenvalue weighted by Gasteiger charge is 2.09. The van der Waals surface area contributed by atoms with Gasteiger partial charge in [-0.3, -0.25) is 0 Å². The predicted octanol–water partition coefficient (Wildman–Crippen LogP) is 2.46. The van der Waals surface area contributed by atoms with Crippen LogP contribution in [0.25, 0.3) is 0 Å². The van der Waals surface area contributed by atoms with E-state index >= 15 is 0 Å². The normalized spacial score (nSPS) is 11.9. The van der Waals surface area contributed by atoms with Crippen molar-refractivity contribution in [3.05, 3.63) is 41.7 Å². The van der Waals surface area contributed by atoms with Gasteiger partial charge in [-0.1, -0.05) is 12.1 Å². The third kappa shape index (κ3) is 4.07. The molecule has 0 fully saturated rings. The Morgan fingerprint density at radius 1 is 1.24 bits per heavy atom. The highest BCUT2D eigenvalue weighted by atomic mass is 32.2. The van der Waals surface area contributed by atoms with Crippen LogP contribution in [0.15, 0.2) is 35.4 Å². The second-order valence-electron chi connectivity index (χ2n) is 5.55. The summed E-state index contributed by atoms with van der Waals surface area (Å²) in [6.45, 7) is 6.74. The van der Waals surface area contributed by atoms with Crippen LogP contribution in [-0.4, -0.2) is 30.3 Å². The van der Waals surface area contributed by atoms with Crippen LogP contribution in [0.2, 0.25) is 0 Å². The van der Waals surface area contributed by atoms with Gasteiger partial charge in [0.1, 0.15) is 0 Å². The summed E-state index contributed by atoms with van der Waals surface area (Å²) in [4.78, 5) is 4.80. The molecule has 1 aromatic carbocycles. The first-order valence-corrected chi connectivity index (χ1v) is 8.74. The quantitative estimate of drug-likeness (QED) is 0.921. The lowest BCUT2D eigenvalue weighted by atomic mass is 10.2. The molecule has 6 heteroatoms. The van der Waals surface area contributed by atoms with Gasteiger partial charge in [-0.15, -0.1) is 0 Å². The number of imidazole rings is 1. The minimum absolute atomic E-state index is 0.304. The Bertz CT molecular complexity index is 716. The summed E-state index contributed by atoms with van der Waals surface area (Å²) in [7, 11) is -3.14. The lowest BCUT2D eigenvalue weighted by Crippen LogP contribution is -2.15. The van der Waals surface area contributed by atoms with Crippen molar-refractivity contribution in [2.45, 2.75) is 38.3 Å². The minimum Gasteiger partial charge on any atom is -0.353 e. The third-order valence-electron chi connectivity index (χ3n) is 3.02. The van der Waals surface area contributed by atoms with Crippen molar-refractivity contribution in [1.82, 2.24) is 9.55 Å². The van der Waals surface area contributed by atoms with Gasteiger partial charge in [0.15, 0.2) is 9.84 Å². The van der Waals surface area contributed by atoms with E-state index in [0.717, 1.165) is 17.2 Å². The summed E-state index contributed by atoms with van der Waals surface area (Å²) in [6, 6.07) is 7.27. The average Bonchev–Trinajstić information content (AvgIpc) is 2.68. The molecule has 21 heavy (non-hydrogen) atoms. The van der Waals surface area contributed by atoms with Crippen LogP contribution < -0.4 is 5.32 Å². The van der Waals surface area contributed by atoms with Crippen LogP contribution in [0.5, 0.6) is 0 Å². The van der Waals surface area contributed by atoms with Gasteiger partial charge in [-0.25, -0.2) is 13.4 Å². The lowest BCUT2D eigenvalue weighted by molar-refractivity contribution is 0.602. The van der Waals surface area contributed by atoms with Gasteiger partial charge < -0.3 is 9.88 Å². The molecule has 0 aliphatic rings. The molecule has 114 valence electrons. The van der Waals surface area contributed by atoms with Crippen LogP contribution in [0.4, 0.5) is 5.95 Å². The van der Waals surface area contributed by atoms with E-state index in [1.165, 1.54) is 6.26 Å². The Balaban J connectivity index is 2.22. The Morgan fingerprint density at radius 2 is 1.86 bits per heavy atom. The number of anilines is 1. The molecule has 0 unspecified atom stereocenters. The van der Waals surface area contributed by atoms with Gasteiger partial charge in [0, 0.05) is 18.5 Å². The zero-order valence-corrected chi connectivity index (χ0v) is 13.6.